The SMILES string of the molecule is FC(F)=C(F)Oc1ccc(-c2ncc(Cn3cc4nc(-c5cccc(F)c5F)nc-4cn3)cn2)cc1. The van der Waals surface area contributed by atoms with Gasteiger partial charge in [0, 0.05) is 23.5 Å². The Balaban J connectivity index is 1.31. The van der Waals surface area contributed by atoms with E-state index in [0.29, 0.717) is 34.9 Å². The first-order chi connectivity index (χ1) is 17.4. The second-order valence-corrected chi connectivity index (χ2v) is 7.47. The summed E-state index contributed by atoms with van der Waals surface area (Å²) in [4.78, 5) is 17.1. The van der Waals surface area contributed by atoms with Gasteiger partial charge in [-0.2, -0.15) is 18.3 Å². The highest BCUT2D eigenvalue weighted by molar-refractivity contribution is 5.65. The van der Waals surface area contributed by atoms with Crippen LogP contribution < -0.4 is 4.74 Å². The summed E-state index contributed by atoms with van der Waals surface area (Å²) in [5.74, 6) is -1.70. The van der Waals surface area contributed by atoms with Crippen LogP contribution in [-0.4, -0.2) is 29.7 Å². The van der Waals surface area contributed by atoms with Crippen LogP contribution in [0.25, 0.3) is 34.2 Å². The number of fused-ring (bicyclic) bond motifs is 1. The van der Waals surface area contributed by atoms with Crippen LogP contribution in [-0.2, 0) is 6.54 Å². The van der Waals surface area contributed by atoms with Crippen LogP contribution in [0.3, 0.4) is 0 Å². The summed E-state index contributed by atoms with van der Waals surface area (Å²) in [6.07, 6.45) is 3.70. The molecular formula is C24H13F5N6O. The first-order valence-electron chi connectivity index (χ1n) is 10.3. The fourth-order valence-corrected chi connectivity index (χ4v) is 3.33. The molecule has 3 heterocycles. The van der Waals surface area contributed by atoms with Crippen molar-refractivity contribution in [1.82, 2.24) is 29.7 Å². The fourth-order valence-electron chi connectivity index (χ4n) is 3.33. The van der Waals surface area contributed by atoms with E-state index in [1.807, 2.05) is 0 Å². The molecule has 180 valence electrons. The lowest BCUT2D eigenvalue weighted by Gasteiger charge is -2.07. The van der Waals surface area contributed by atoms with Crippen molar-refractivity contribution in [3.05, 3.63) is 96.5 Å². The van der Waals surface area contributed by atoms with Crippen LogP contribution in [0.4, 0.5) is 22.0 Å². The van der Waals surface area contributed by atoms with Gasteiger partial charge < -0.3 is 4.74 Å². The van der Waals surface area contributed by atoms with Crippen molar-refractivity contribution in [2.45, 2.75) is 6.54 Å². The van der Waals surface area contributed by atoms with Crippen molar-refractivity contribution >= 4 is 0 Å². The van der Waals surface area contributed by atoms with Crippen molar-refractivity contribution in [3.63, 3.8) is 0 Å². The van der Waals surface area contributed by atoms with Crippen LogP contribution in [0.15, 0.2) is 79.3 Å². The van der Waals surface area contributed by atoms with Gasteiger partial charge >= 0.3 is 12.1 Å². The van der Waals surface area contributed by atoms with E-state index in [2.05, 4.69) is 29.8 Å². The third kappa shape index (κ3) is 4.73. The zero-order chi connectivity index (χ0) is 25.2. The van der Waals surface area contributed by atoms with Gasteiger partial charge in [0.2, 0.25) is 0 Å². The van der Waals surface area contributed by atoms with E-state index < -0.39 is 23.7 Å². The lowest BCUT2D eigenvalue weighted by molar-refractivity contribution is 0.241. The van der Waals surface area contributed by atoms with Crippen LogP contribution in [0.2, 0.25) is 0 Å². The molecule has 0 unspecified atom stereocenters. The number of hydrogen-bond acceptors (Lipinski definition) is 6. The van der Waals surface area contributed by atoms with Gasteiger partial charge in [-0.3, -0.25) is 4.68 Å². The summed E-state index contributed by atoms with van der Waals surface area (Å²) < 4.78 is 70.8. The van der Waals surface area contributed by atoms with E-state index in [1.54, 1.807) is 23.3 Å². The third-order valence-electron chi connectivity index (χ3n) is 5.03. The molecular weight excluding hydrogens is 483 g/mol. The number of nitrogens with zero attached hydrogens (tertiary/aromatic N) is 6. The molecule has 0 spiro atoms. The standard InChI is InChI=1S/C24H13F5N6O/c25-17-3-1-2-16(20(17)26)24-33-18-10-32-35(12-19(18)34-24)11-13-8-30-23(31-9-13)14-4-6-15(7-5-14)36-22(29)21(27)28/h1-10,12H,11H2. The molecule has 7 nitrogen and oxygen atoms in total. The van der Waals surface area contributed by atoms with Crippen LogP contribution >= 0.6 is 0 Å². The highest BCUT2D eigenvalue weighted by atomic mass is 19.3. The fraction of sp³-hybridized carbons (Fsp3) is 0.0417. The van der Waals surface area contributed by atoms with Crippen molar-refractivity contribution in [1.29, 1.82) is 0 Å². The quantitative estimate of drug-likeness (QED) is 0.224. The Morgan fingerprint density at radius 3 is 2.28 bits per heavy atom. The van der Waals surface area contributed by atoms with Crippen molar-refractivity contribution in [2.24, 2.45) is 0 Å². The Labute approximate surface area is 199 Å². The number of hydrogen-bond donors (Lipinski definition) is 0. The van der Waals surface area contributed by atoms with Gasteiger partial charge in [0.25, 0.3) is 0 Å². The predicted octanol–water partition coefficient (Wildman–Crippen LogP) is 5.64. The van der Waals surface area contributed by atoms with Crippen LogP contribution in [0.5, 0.6) is 5.75 Å². The van der Waals surface area contributed by atoms with Gasteiger partial charge in [0.15, 0.2) is 23.3 Å². The van der Waals surface area contributed by atoms with E-state index in [4.69, 9.17) is 0 Å². The van der Waals surface area contributed by atoms with Crippen molar-refractivity contribution < 1.29 is 26.7 Å². The number of ether oxygens (including phenoxy) is 1. The molecule has 3 aromatic rings. The second kappa shape index (κ2) is 9.49. The summed E-state index contributed by atoms with van der Waals surface area (Å²) in [5.41, 5.74) is 2.10. The van der Waals surface area contributed by atoms with Crippen LogP contribution in [0, 0.1) is 11.6 Å². The van der Waals surface area contributed by atoms with Gasteiger partial charge in [0.05, 0.1) is 24.5 Å². The lowest BCUT2D eigenvalue weighted by atomic mass is 10.2. The topological polar surface area (TPSA) is 78.6 Å². The Bertz CT molecular complexity index is 1530. The average Bonchev–Trinajstić information content (AvgIpc) is 3.30. The van der Waals surface area contributed by atoms with Gasteiger partial charge in [-0.1, -0.05) is 6.07 Å². The van der Waals surface area contributed by atoms with E-state index in [0.717, 1.165) is 6.07 Å². The molecule has 0 radical (unpaired) electrons. The summed E-state index contributed by atoms with van der Waals surface area (Å²) in [6.45, 7) is 0.292. The van der Waals surface area contributed by atoms with Gasteiger partial charge in [0.1, 0.15) is 17.1 Å². The smallest absolute Gasteiger partial charge is 0.344 e. The molecule has 0 saturated heterocycles. The van der Waals surface area contributed by atoms with E-state index in [-0.39, 0.29) is 17.1 Å². The molecule has 0 fully saturated rings. The van der Waals surface area contributed by atoms with Gasteiger partial charge in [-0.05, 0) is 36.4 Å². The minimum atomic E-state index is -2.55. The summed E-state index contributed by atoms with van der Waals surface area (Å²) in [7, 11) is 0. The molecule has 2 aliphatic heterocycles. The van der Waals surface area contributed by atoms with Gasteiger partial charge in [-0.15, -0.1) is 0 Å². The van der Waals surface area contributed by atoms with E-state index in [1.165, 1.54) is 42.6 Å². The molecule has 0 N–H and O–H groups in total. The molecule has 0 amide bonds. The first kappa shape index (κ1) is 23.0. The maximum Gasteiger partial charge on any atom is 0.344 e. The normalized spacial score (nSPS) is 11.0. The third-order valence-corrected chi connectivity index (χ3v) is 5.03. The molecule has 2 aromatic carbocycles. The summed E-state index contributed by atoms with van der Waals surface area (Å²) >= 11 is 0. The number of benzene rings is 2. The van der Waals surface area contributed by atoms with Gasteiger partial charge in [-0.25, -0.2) is 28.7 Å². The minimum Gasteiger partial charge on any atom is -0.428 e. The maximum absolute atomic E-state index is 14.1. The number of rotatable bonds is 6. The summed E-state index contributed by atoms with van der Waals surface area (Å²) in [5, 5.41) is 4.26. The number of halogens is 5. The molecule has 12 heteroatoms. The molecule has 36 heavy (non-hydrogen) atoms. The Kier molecular flexibility index (Phi) is 6.07. The number of aromatic nitrogens is 6. The number of imidazole rings is 1. The lowest BCUT2D eigenvalue weighted by Crippen LogP contribution is -2.06. The Hall–Kier alpha value is -4.74. The Morgan fingerprint density at radius 1 is 0.833 bits per heavy atom. The van der Waals surface area contributed by atoms with E-state index in [9.17, 15) is 22.0 Å². The average molecular weight is 496 g/mol. The molecule has 2 aliphatic rings. The maximum atomic E-state index is 14.1. The minimum absolute atomic E-state index is 0.0440. The van der Waals surface area contributed by atoms with E-state index >= 15 is 0 Å². The highest BCUT2D eigenvalue weighted by Gasteiger charge is 2.18. The second-order valence-electron chi connectivity index (χ2n) is 7.47. The van der Waals surface area contributed by atoms with Crippen molar-refractivity contribution in [2.75, 3.05) is 0 Å². The first-order valence-corrected chi connectivity index (χ1v) is 10.3. The summed E-state index contributed by atoms with van der Waals surface area (Å²) in [6, 6.07) is 7.47. The molecule has 0 saturated carbocycles. The Morgan fingerprint density at radius 2 is 1.56 bits per heavy atom. The van der Waals surface area contributed by atoms with Crippen molar-refractivity contribution in [3.8, 4) is 39.9 Å². The largest absolute Gasteiger partial charge is 0.428 e. The zero-order valence-corrected chi connectivity index (χ0v) is 18.0. The van der Waals surface area contributed by atoms with Crippen LogP contribution in [0.1, 0.15) is 5.56 Å². The molecule has 5 rings (SSSR count). The molecule has 1 aromatic heterocycles. The molecule has 0 atom stereocenters. The predicted molar refractivity (Wildman–Crippen MR) is 117 cm³/mol. The molecule has 0 aliphatic carbocycles. The zero-order valence-electron chi connectivity index (χ0n) is 18.0. The monoisotopic (exact) mass is 496 g/mol. The molecule has 0 bridgehead atoms. The highest BCUT2D eigenvalue weighted by Crippen LogP contribution is 2.27.